The van der Waals surface area contributed by atoms with Gasteiger partial charge >= 0.3 is 0 Å². The molecule has 1 aliphatic heterocycles. The van der Waals surface area contributed by atoms with Crippen molar-refractivity contribution in [2.75, 3.05) is 13.1 Å². The smallest absolute Gasteiger partial charge is 0.225 e. The molecule has 1 saturated carbocycles. The summed E-state index contributed by atoms with van der Waals surface area (Å²) in [6.07, 6.45) is 9.28. The topological polar surface area (TPSA) is 54.5 Å². The van der Waals surface area contributed by atoms with Crippen LogP contribution in [0.15, 0.2) is 48.7 Å². The molecule has 1 atom stereocenters. The molecule has 4 rings (SSSR count). The second-order valence-electron chi connectivity index (χ2n) is 10.7. The molecule has 1 aromatic carbocycles. The molecular formula is C28H39N3O2. The number of pyridine rings is 1. The molecule has 5 nitrogen and oxygen atoms in total. The summed E-state index contributed by atoms with van der Waals surface area (Å²) in [5.74, 6) is 1.47. The van der Waals surface area contributed by atoms with E-state index in [1.165, 1.54) is 31.2 Å². The van der Waals surface area contributed by atoms with Gasteiger partial charge in [0.1, 0.15) is 5.75 Å². The molecule has 33 heavy (non-hydrogen) atoms. The first-order chi connectivity index (χ1) is 15.9. The maximum Gasteiger partial charge on any atom is 0.225 e. The average molecular weight is 450 g/mol. The highest BCUT2D eigenvalue weighted by atomic mass is 16.5. The van der Waals surface area contributed by atoms with Gasteiger partial charge in [-0.15, -0.1) is 0 Å². The largest absolute Gasteiger partial charge is 0.490 e. The minimum Gasteiger partial charge on any atom is -0.490 e. The fourth-order valence-corrected chi connectivity index (χ4v) is 4.93. The van der Waals surface area contributed by atoms with Gasteiger partial charge in [0.15, 0.2) is 0 Å². The van der Waals surface area contributed by atoms with Gasteiger partial charge < -0.3 is 10.1 Å². The van der Waals surface area contributed by atoms with E-state index in [2.05, 4.69) is 39.5 Å². The van der Waals surface area contributed by atoms with Gasteiger partial charge in [0, 0.05) is 18.2 Å². The molecule has 2 fully saturated rings. The van der Waals surface area contributed by atoms with Crippen LogP contribution in [-0.4, -0.2) is 35.0 Å². The van der Waals surface area contributed by atoms with Crippen LogP contribution < -0.4 is 10.1 Å². The van der Waals surface area contributed by atoms with E-state index in [9.17, 15) is 4.79 Å². The summed E-state index contributed by atoms with van der Waals surface area (Å²) < 4.78 is 6.10. The lowest BCUT2D eigenvalue weighted by Crippen LogP contribution is -2.44. The summed E-state index contributed by atoms with van der Waals surface area (Å²) in [6.45, 7) is 8.90. The van der Waals surface area contributed by atoms with Crippen molar-refractivity contribution in [3.8, 4) is 5.75 Å². The lowest BCUT2D eigenvalue weighted by molar-refractivity contribution is -0.129. The molecule has 1 amide bonds. The third-order valence-electron chi connectivity index (χ3n) is 7.01. The van der Waals surface area contributed by atoms with E-state index in [1.807, 2.05) is 45.2 Å². The fourth-order valence-electron chi connectivity index (χ4n) is 4.93. The second-order valence-corrected chi connectivity index (χ2v) is 10.7. The van der Waals surface area contributed by atoms with E-state index in [0.717, 1.165) is 43.9 Å². The molecule has 5 heteroatoms. The molecule has 2 heterocycles. The molecule has 0 unspecified atom stereocenters. The molecule has 2 aromatic rings. The number of ether oxygens (including phenoxy) is 1. The Morgan fingerprint density at radius 2 is 1.76 bits per heavy atom. The number of nitrogens with zero attached hydrogens (tertiary/aromatic N) is 2. The molecule has 0 radical (unpaired) electrons. The Hall–Kier alpha value is -2.40. The number of aromatic nitrogens is 1. The van der Waals surface area contributed by atoms with Crippen molar-refractivity contribution in [2.45, 2.75) is 78.0 Å². The van der Waals surface area contributed by atoms with Crippen LogP contribution >= 0.6 is 0 Å². The second kappa shape index (κ2) is 10.7. The zero-order valence-corrected chi connectivity index (χ0v) is 20.4. The minimum atomic E-state index is -0.415. The van der Waals surface area contributed by atoms with Crippen molar-refractivity contribution < 1.29 is 9.53 Å². The summed E-state index contributed by atoms with van der Waals surface area (Å²) in [4.78, 5) is 19.9. The van der Waals surface area contributed by atoms with Crippen molar-refractivity contribution >= 4 is 5.91 Å². The van der Waals surface area contributed by atoms with Crippen LogP contribution in [0.4, 0.5) is 0 Å². The first-order valence-corrected chi connectivity index (χ1v) is 12.6. The molecule has 1 N–H and O–H groups in total. The quantitative estimate of drug-likeness (QED) is 0.605. The third kappa shape index (κ3) is 6.57. The number of nitrogens with one attached hydrogen (secondary N) is 1. The van der Waals surface area contributed by atoms with Gasteiger partial charge in [0.25, 0.3) is 0 Å². The van der Waals surface area contributed by atoms with Gasteiger partial charge in [-0.2, -0.15) is 0 Å². The maximum absolute atomic E-state index is 12.8. The third-order valence-corrected chi connectivity index (χ3v) is 7.01. The number of carbonyl (C=O) groups excluding carboxylic acids is 1. The van der Waals surface area contributed by atoms with Crippen molar-refractivity contribution in [3.05, 3.63) is 59.9 Å². The molecule has 1 saturated heterocycles. The van der Waals surface area contributed by atoms with Gasteiger partial charge in [-0.25, -0.2) is 0 Å². The van der Waals surface area contributed by atoms with Crippen molar-refractivity contribution in [1.29, 1.82) is 0 Å². The zero-order chi connectivity index (χ0) is 23.3. The highest BCUT2D eigenvalue weighted by Crippen LogP contribution is 2.32. The van der Waals surface area contributed by atoms with Gasteiger partial charge in [-0.3, -0.25) is 14.7 Å². The van der Waals surface area contributed by atoms with Gasteiger partial charge in [-0.1, -0.05) is 39.0 Å². The summed E-state index contributed by atoms with van der Waals surface area (Å²) in [5, 5.41) is 3.31. The summed E-state index contributed by atoms with van der Waals surface area (Å²) in [7, 11) is 0. The summed E-state index contributed by atoms with van der Waals surface area (Å²) in [5.41, 5.74) is 1.88. The van der Waals surface area contributed by atoms with Crippen LogP contribution in [0.2, 0.25) is 0 Å². The number of carbonyl (C=O) groups is 1. The van der Waals surface area contributed by atoms with Crippen LogP contribution in [0.25, 0.3) is 0 Å². The number of benzene rings is 1. The summed E-state index contributed by atoms with van der Waals surface area (Å²) >= 11 is 0. The summed E-state index contributed by atoms with van der Waals surface area (Å²) in [6, 6.07) is 14.6. The number of hydrogen-bond donors (Lipinski definition) is 1. The molecule has 178 valence electrons. The molecule has 0 bridgehead atoms. The predicted octanol–water partition coefficient (Wildman–Crippen LogP) is 5.52. The van der Waals surface area contributed by atoms with Crippen LogP contribution in [-0.2, 0) is 11.3 Å². The van der Waals surface area contributed by atoms with E-state index >= 15 is 0 Å². The molecule has 0 spiro atoms. The van der Waals surface area contributed by atoms with Crippen molar-refractivity contribution in [3.63, 3.8) is 0 Å². The number of likely N-dealkylation sites (tertiary alicyclic amines) is 1. The SMILES string of the molecule is CC(C)(C)C(=O)N[C@@H](c1ccccn1)C1CCN(Cc2ccc(OC3CCCC3)cc2)CC1. The normalized spacial score (nSPS) is 19.4. The highest BCUT2D eigenvalue weighted by molar-refractivity contribution is 5.81. The Labute approximate surface area is 198 Å². The molecular weight excluding hydrogens is 410 g/mol. The Morgan fingerprint density at radius 3 is 2.36 bits per heavy atom. The van der Waals surface area contributed by atoms with Crippen LogP contribution in [0, 0.1) is 11.3 Å². The predicted molar refractivity (Wildman–Crippen MR) is 132 cm³/mol. The maximum atomic E-state index is 12.8. The van der Waals surface area contributed by atoms with E-state index < -0.39 is 5.41 Å². The molecule has 1 aliphatic carbocycles. The Bertz CT molecular complexity index is 878. The Balaban J connectivity index is 1.32. The number of amides is 1. The average Bonchev–Trinajstić information content (AvgIpc) is 3.32. The minimum absolute atomic E-state index is 0.0351. The number of piperidine rings is 1. The van der Waals surface area contributed by atoms with E-state index in [-0.39, 0.29) is 11.9 Å². The van der Waals surface area contributed by atoms with E-state index in [4.69, 9.17) is 4.74 Å². The van der Waals surface area contributed by atoms with Crippen molar-refractivity contribution in [2.24, 2.45) is 11.3 Å². The monoisotopic (exact) mass is 449 g/mol. The van der Waals surface area contributed by atoms with Crippen LogP contribution in [0.5, 0.6) is 5.75 Å². The molecule has 2 aliphatic rings. The fraction of sp³-hybridized carbons (Fsp3) is 0.571. The Morgan fingerprint density at radius 1 is 1.06 bits per heavy atom. The lowest BCUT2D eigenvalue weighted by Gasteiger charge is -2.37. The first kappa shape index (κ1) is 23.7. The van der Waals surface area contributed by atoms with Crippen LogP contribution in [0.3, 0.4) is 0 Å². The molecule has 1 aromatic heterocycles. The van der Waals surface area contributed by atoms with Crippen LogP contribution in [0.1, 0.15) is 76.6 Å². The van der Waals surface area contributed by atoms with E-state index in [1.54, 1.807) is 0 Å². The standard InChI is InChI=1S/C28H39N3O2/c1-28(2,3)27(32)30-26(25-10-6-7-17-29-25)22-15-18-31(19-16-22)20-21-11-13-24(14-12-21)33-23-8-4-5-9-23/h6-7,10-14,17,22-23,26H,4-5,8-9,15-16,18-20H2,1-3H3,(H,30,32)/t26-/m1/s1. The Kier molecular flexibility index (Phi) is 7.69. The lowest BCUT2D eigenvalue weighted by atomic mass is 9.85. The number of rotatable bonds is 7. The van der Waals surface area contributed by atoms with Gasteiger partial charge in [0.2, 0.25) is 5.91 Å². The van der Waals surface area contributed by atoms with E-state index in [0.29, 0.717) is 12.0 Å². The highest BCUT2D eigenvalue weighted by Gasteiger charge is 2.32. The van der Waals surface area contributed by atoms with Gasteiger partial charge in [-0.05, 0) is 87.4 Å². The van der Waals surface area contributed by atoms with Gasteiger partial charge in [0.05, 0.1) is 17.8 Å². The number of hydrogen-bond acceptors (Lipinski definition) is 4. The zero-order valence-electron chi connectivity index (χ0n) is 20.4. The van der Waals surface area contributed by atoms with Crippen molar-refractivity contribution in [1.82, 2.24) is 15.2 Å². The first-order valence-electron chi connectivity index (χ1n) is 12.6.